The Labute approximate surface area is 114 Å². The minimum Gasteiger partial charge on any atom is -0.251 e. The number of hydrogen-bond acceptors (Lipinski definition) is 2. The first-order chi connectivity index (χ1) is 7.99. The van der Waals surface area contributed by atoms with Gasteiger partial charge in [0.05, 0.1) is 11.4 Å². The minimum absolute atomic E-state index is 0.482. The summed E-state index contributed by atoms with van der Waals surface area (Å²) in [6.45, 7) is 2.36. The normalized spacial score (nSPS) is 14.6. The molecular formula is C11H10Cl3N3. The molecule has 0 bridgehead atoms. The SMILES string of the molecule is CC(Cl)(Cn1cncn1)c1ccc(Cl)cc1Cl. The Morgan fingerprint density at radius 1 is 1.35 bits per heavy atom. The van der Waals surface area contributed by atoms with Crippen LogP contribution < -0.4 is 0 Å². The van der Waals surface area contributed by atoms with Gasteiger partial charge in [0.25, 0.3) is 0 Å². The summed E-state index contributed by atoms with van der Waals surface area (Å²) >= 11 is 18.5. The Morgan fingerprint density at radius 2 is 2.12 bits per heavy atom. The van der Waals surface area contributed by atoms with Crippen molar-refractivity contribution in [2.24, 2.45) is 0 Å². The van der Waals surface area contributed by atoms with Crippen LogP contribution in [0.15, 0.2) is 30.9 Å². The predicted octanol–water partition coefficient (Wildman–Crippen LogP) is 3.74. The van der Waals surface area contributed by atoms with E-state index in [1.165, 1.54) is 6.33 Å². The minimum atomic E-state index is -0.657. The number of halogens is 3. The van der Waals surface area contributed by atoms with Gasteiger partial charge in [-0.2, -0.15) is 5.10 Å². The van der Waals surface area contributed by atoms with E-state index in [9.17, 15) is 0 Å². The van der Waals surface area contributed by atoms with Crippen molar-refractivity contribution in [1.29, 1.82) is 0 Å². The van der Waals surface area contributed by atoms with Crippen LogP contribution in [0, 0.1) is 0 Å². The molecule has 2 rings (SSSR count). The molecule has 0 aliphatic heterocycles. The van der Waals surface area contributed by atoms with Crippen molar-refractivity contribution in [3.8, 4) is 0 Å². The molecule has 0 radical (unpaired) electrons. The molecule has 0 aliphatic rings. The van der Waals surface area contributed by atoms with E-state index in [0.29, 0.717) is 16.6 Å². The Bertz CT molecular complexity index is 509. The Morgan fingerprint density at radius 3 is 2.71 bits per heavy atom. The molecule has 0 saturated carbocycles. The molecule has 0 fully saturated rings. The third kappa shape index (κ3) is 2.92. The maximum Gasteiger partial charge on any atom is 0.137 e. The van der Waals surface area contributed by atoms with Crippen molar-refractivity contribution >= 4 is 34.8 Å². The summed E-state index contributed by atoms with van der Waals surface area (Å²) in [4.78, 5) is 3.22. The van der Waals surface area contributed by atoms with Crippen LogP contribution in [0.1, 0.15) is 12.5 Å². The molecule has 1 aromatic carbocycles. The summed E-state index contributed by atoms with van der Waals surface area (Å²) in [5, 5.41) is 5.17. The summed E-state index contributed by atoms with van der Waals surface area (Å²) in [5.41, 5.74) is 0.820. The van der Waals surface area contributed by atoms with Gasteiger partial charge in [0.1, 0.15) is 12.7 Å². The topological polar surface area (TPSA) is 30.7 Å². The molecule has 0 amide bonds. The summed E-state index contributed by atoms with van der Waals surface area (Å²) in [6.07, 6.45) is 3.08. The number of nitrogens with zero attached hydrogens (tertiary/aromatic N) is 3. The molecule has 1 atom stereocenters. The van der Waals surface area contributed by atoms with Crippen LogP contribution in [0.3, 0.4) is 0 Å². The van der Waals surface area contributed by atoms with Crippen molar-refractivity contribution in [1.82, 2.24) is 14.8 Å². The van der Waals surface area contributed by atoms with Gasteiger partial charge < -0.3 is 0 Å². The van der Waals surface area contributed by atoms with E-state index in [-0.39, 0.29) is 0 Å². The second-order valence-electron chi connectivity index (χ2n) is 3.91. The zero-order chi connectivity index (χ0) is 12.5. The lowest BCUT2D eigenvalue weighted by Gasteiger charge is -2.23. The van der Waals surface area contributed by atoms with Gasteiger partial charge in [0.15, 0.2) is 0 Å². The van der Waals surface area contributed by atoms with E-state index in [1.807, 2.05) is 13.0 Å². The van der Waals surface area contributed by atoms with Gasteiger partial charge in [-0.05, 0) is 24.6 Å². The molecular weight excluding hydrogens is 281 g/mol. The van der Waals surface area contributed by atoms with Crippen molar-refractivity contribution in [2.75, 3.05) is 0 Å². The van der Waals surface area contributed by atoms with E-state index in [0.717, 1.165) is 5.56 Å². The smallest absolute Gasteiger partial charge is 0.137 e. The Balaban J connectivity index is 2.30. The van der Waals surface area contributed by atoms with Crippen LogP contribution >= 0.6 is 34.8 Å². The van der Waals surface area contributed by atoms with Gasteiger partial charge in [0, 0.05) is 10.0 Å². The summed E-state index contributed by atoms with van der Waals surface area (Å²) in [5.74, 6) is 0. The predicted molar refractivity (Wildman–Crippen MR) is 69.7 cm³/mol. The van der Waals surface area contributed by atoms with E-state index < -0.39 is 4.87 Å². The highest BCUT2D eigenvalue weighted by Gasteiger charge is 2.27. The van der Waals surface area contributed by atoms with Crippen molar-refractivity contribution in [3.05, 3.63) is 46.5 Å². The Kier molecular flexibility index (Phi) is 3.61. The van der Waals surface area contributed by atoms with Crippen molar-refractivity contribution < 1.29 is 0 Å². The van der Waals surface area contributed by atoms with Gasteiger partial charge in [-0.3, -0.25) is 4.68 Å². The van der Waals surface area contributed by atoms with Gasteiger partial charge in [-0.25, -0.2) is 4.98 Å². The fourth-order valence-electron chi connectivity index (χ4n) is 1.62. The highest BCUT2D eigenvalue weighted by atomic mass is 35.5. The van der Waals surface area contributed by atoms with E-state index in [4.69, 9.17) is 34.8 Å². The Hall–Kier alpha value is -0.770. The molecule has 0 saturated heterocycles. The number of rotatable bonds is 3. The summed E-state index contributed by atoms with van der Waals surface area (Å²) < 4.78 is 1.66. The maximum absolute atomic E-state index is 6.49. The molecule has 0 aliphatic carbocycles. The van der Waals surface area contributed by atoms with Crippen LogP contribution in [-0.4, -0.2) is 14.8 Å². The first kappa shape index (κ1) is 12.7. The van der Waals surface area contributed by atoms with Crippen molar-refractivity contribution in [2.45, 2.75) is 18.3 Å². The lowest BCUT2D eigenvalue weighted by molar-refractivity contribution is 0.496. The largest absolute Gasteiger partial charge is 0.251 e. The zero-order valence-electron chi connectivity index (χ0n) is 9.07. The van der Waals surface area contributed by atoms with Gasteiger partial charge in [-0.1, -0.05) is 29.3 Å². The van der Waals surface area contributed by atoms with Crippen LogP contribution in [0.25, 0.3) is 0 Å². The second-order valence-corrected chi connectivity index (χ2v) is 5.59. The van der Waals surface area contributed by atoms with Gasteiger partial charge in [-0.15, -0.1) is 11.6 Å². The number of aromatic nitrogens is 3. The molecule has 1 unspecified atom stereocenters. The van der Waals surface area contributed by atoms with E-state index in [1.54, 1.807) is 23.1 Å². The first-order valence-electron chi connectivity index (χ1n) is 4.96. The standard InChI is InChI=1S/C11H10Cl3N3/c1-11(14,5-17-7-15-6-16-17)9-3-2-8(12)4-10(9)13/h2-4,6-7H,5H2,1H3. The van der Waals surface area contributed by atoms with Crippen molar-refractivity contribution in [3.63, 3.8) is 0 Å². The van der Waals surface area contributed by atoms with Gasteiger partial charge in [0.2, 0.25) is 0 Å². The summed E-state index contributed by atoms with van der Waals surface area (Å²) in [7, 11) is 0. The average Bonchev–Trinajstić information content (AvgIpc) is 2.68. The third-order valence-electron chi connectivity index (χ3n) is 2.42. The fourth-order valence-corrected chi connectivity index (χ4v) is 2.57. The average molecular weight is 291 g/mol. The van der Waals surface area contributed by atoms with E-state index >= 15 is 0 Å². The molecule has 90 valence electrons. The maximum atomic E-state index is 6.49. The van der Waals surface area contributed by atoms with Crippen LogP contribution in [0.2, 0.25) is 10.0 Å². The molecule has 3 nitrogen and oxygen atoms in total. The van der Waals surface area contributed by atoms with E-state index in [2.05, 4.69) is 10.1 Å². The lowest BCUT2D eigenvalue weighted by atomic mass is 10.0. The fraction of sp³-hybridized carbons (Fsp3) is 0.273. The number of alkyl halides is 1. The molecule has 2 aromatic rings. The first-order valence-corrected chi connectivity index (χ1v) is 6.09. The summed E-state index contributed by atoms with van der Waals surface area (Å²) in [6, 6.07) is 5.28. The highest BCUT2D eigenvalue weighted by molar-refractivity contribution is 6.36. The molecule has 17 heavy (non-hydrogen) atoms. The molecule has 0 spiro atoms. The van der Waals surface area contributed by atoms with Crippen LogP contribution in [-0.2, 0) is 11.4 Å². The molecule has 0 N–H and O–H groups in total. The third-order valence-corrected chi connectivity index (χ3v) is 3.29. The van der Waals surface area contributed by atoms with Crippen LogP contribution in [0.4, 0.5) is 0 Å². The monoisotopic (exact) mass is 289 g/mol. The quantitative estimate of drug-likeness (QED) is 0.806. The molecule has 1 heterocycles. The number of hydrogen-bond donors (Lipinski definition) is 0. The molecule has 1 aromatic heterocycles. The number of benzene rings is 1. The van der Waals surface area contributed by atoms with Crippen LogP contribution in [0.5, 0.6) is 0 Å². The zero-order valence-corrected chi connectivity index (χ0v) is 11.3. The molecule has 6 heteroatoms. The lowest BCUT2D eigenvalue weighted by Crippen LogP contribution is -2.22. The second kappa shape index (κ2) is 4.84. The van der Waals surface area contributed by atoms with Gasteiger partial charge >= 0.3 is 0 Å². The highest BCUT2D eigenvalue weighted by Crippen LogP contribution is 2.36.